The van der Waals surface area contributed by atoms with Gasteiger partial charge in [-0.1, -0.05) is 13.0 Å². The Kier molecular flexibility index (Phi) is 3.75. The highest BCUT2D eigenvalue weighted by molar-refractivity contribution is 7.99. The molecular formula is C14H16N2OS2. The molecule has 0 fully saturated rings. The molecule has 0 bridgehead atoms. The lowest BCUT2D eigenvalue weighted by Gasteiger charge is -2.13. The predicted octanol–water partition coefficient (Wildman–Crippen LogP) is 2.95. The van der Waals surface area contributed by atoms with Gasteiger partial charge in [0, 0.05) is 16.1 Å². The molecule has 0 radical (unpaired) electrons. The van der Waals surface area contributed by atoms with Crippen molar-refractivity contribution in [2.24, 2.45) is 0 Å². The van der Waals surface area contributed by atoms with Gasteiger partial charge in [-0.15, -0.1) is 23.1 Å². The fourth-order valence-electron chi connectivity index (χ4n) is 2.56. The van der Waals surface area contributed by atoms with Crippen LogP contribution in [-0.4, -0.2) is 15.3 Å². The van der Waals surface area contributed by atoms with Crippen molar-refractivity contribution in [1.82, 2.24) is 9.55 Å². The van der Waals surface area contributed by atoms with Gasteiger partial charge in [0.1, 0.15) is 5.03 Å². The van der Waals surface area contributed by atoms with Gasteiger partial charge >= 0.3 is 5.69 Å². The van der Waals surface area contributed by atoms with Crippen LogP contribution in [0.2, 0.25) is 0 Å². The molecule has 2 aromatic heterocycles. The lowest BCUT2D eigenvalue weighted by atomic mass is 10.2. The van der Waals surface area contributed by atoms with Crippen LogP contribution in [0.15, 0.2) is 27.3 Å². The first-order valence-corrected chi connectivity index (χ1v) is 8.44. The zero-order valence-electron chi connectivity index (χ0n) is 10.9. The van der Waals surface area contributed by atoms with E-state index in [0.29, 0.717) is 6.54 Å². The minimum absolute atomic E-state index is 0.0926. The fourth-order valence-corrected chi connectivity index (χ4v) is 4.07. The number of fused-ring (bicyclic) bond motifs is 1. The van der Waals surface area contributed by atoms with Crippen LogP contribution < -0.4 is 5.69 Å². The van der Waals surface area contributed by atoms with Gasteiger partial charge in [0.05, 0.1) is 6.54 Å². The zero-order valence-corrected chi connectivity index (χ0v) is 12.5. The van der Waals surface area contributed by atoms with Crippen molar-refractivity contribution in [3.8, 4) is 0 Å². The minimum Gasteiger partial charge on any atom is -0.291 e. The van der Waals surface area contributed by atoms with Crippen molar-refractivity contribution in [3.63, 3.8) is 0 Å². The van der Waals surface area contributed by atoms with Crippen LogP contribution in [-0.2, 0) is 19.4 Å². The van der Waals surface area contributed by atoms with Gasteiger partial charge in [0.25, 0.3) is 0 Å². The molecular weight excluding hydrogens is 276 g/mol. The number of hydrogen-bond acceptors (Lipinski definition) is 4. The highest BCUT2D eigenvalue weighted by Gasteiger charge is 2.21. The molecule has 3 rings (SSSR count). The van der Waals surface area contributed by atoms with Crippen molar-refractivity contribution in [2.75, 3.05) is 5.75 Å². The molecule has 0 atom stereocenters. The van der Waals surface area contributed by atoms with Crippen molar-refractivity contribution in [3.05, 3.63) is 44.1 Å². The van der Waals surface area contributed by atoms with Crippen molar-refractivity contribution in [2.45, 2.75) is 37.8 Å². The van der Waals surface area contributed by atoms with Gasteiger partial charge in [0.2, 0.25) is 0 Å². The normalized spacial score (nSPS) is 13.7. The summed E-state index contributed by atoms with van der Waals surface area (Å²) in [5.41, 5.74) is 2.43. The number of rotatable bonds is 4. The molecule has 2 aromatic rings. The highest BCUT2D eigenvalue weighted by Crippen LogP contribution is 2.29. The standard InChI is InChI=1S/C14H16N2OS2/c1-2-18-13-11-6-3-7-12(11)16(14(17)15-13)9-10-5-4-8-19-10/h4-5,8H,2-3,6-7,9H2,1H3. The third-order valence-corrected chi connectivity index (χ3v) is 5.14. The van der Waals surface area contributed by atoms with Gasteiger partial charge in [-0.3, -0.25) is 4.57 Å². The molecule has 0 saturated heterocycles. The van der Waals surface area contributed by atoms with E-state index in [4.69, 9.17) is 0 Å². The molecule has 3 nitrogen and oxygen atoms in total. The Labute approximate surface area is 120 Å². The second-order valence-corrected chi connectivity index (χ2v) is 6.86. The number of thioether (sulfide) groups is 1. The first kappa shape index (κ1) is 12.9. The van der Waals surface area contributed by atoms with E-state index in [2.05, 4.69) is 23.4 Å². The van der Waals surface area contributed by atoms with Crippen LogP contribution in [0.25, 0.3) is 0 Å². The number of nitrogens with zero attached hydrogens (tertiary/aromatic N) is 2. The molecule has 0 aliphatic heterocycles. The maximum atomic E-state index is 12.2. The Morgan fingerprint density at radius 1 is 1.47 bits per heavy atom. The summed E-state index contributed by atoms with van der Waals surface area (Å²) in [6.45, 7) is 2.77. The summed E-state index contributed by atoms with van der Waals surface area (Å²) in [4.78, 5) is 17.8. The summed E-state index contributed by atoms with van der Waals surface area (Å²) in [6.07, 6.45) is 3.22. The van der Waals surface area contributed by atoms with Crippen LogP contribution in [0.5, 0.6) is 0 Å². The third-order valence-electron chi connectivity index (χ3n) is 3.38. The fraction of sp³-hybridized carbons (Fsp3) is 0.429. The summed E-state index contributed by atoms with van der Waals surface area (Å²) >= 11 is 3.38. The van der Waals surface area contributed by atoms with Gasteiger partial charge in [0.15, 0.2) is 0 Å². The molecule has 0 N–H and O–H groups in total. The average Bonchev–Trinajstić information content (AvgIpc) is 3.05. The molecule has 0 saturated carbocycles. The van der Waals surface area contributed by atoms with E-state index in [9.17, 15) is 4.79 Å². The topological polar surface area (TPSA) is 34.9 Å². The first-order valence-electron chi connectivity index (χ1n) is 6.57. The van der Waals surface area contributed by atoms with Crippen LogP contribution >= 0.6 is 23.1 Å². The average molecular weight is 292 g/mol. The molecule has 5 heteroatoms. The van der Waals surface area contributed by atoms with Crippen molar-refractivity contribution in [1.29, 1.82) is 0 Å². The first-order chi connectivity index (χ1) is 9.29. The van der Waals surface area contributed by atoms with Gasteiger partial charge in [-0.2, -0.15) is 4.98 Å². The van der Waals surface area contributed by atoms with Crippen LogP contribution in [0, 0.1) is 0 Å². The Morgan fingerprint density at radius 3 is 3.11 bits per heavy atom. The number of hydrogen-bond donors (Lipinski definition) is 0. The minimum atomic E-state index is -0.0926. The summed E-state index contributed by atoms with van der Waals surface area (Å²) in [7, 11) is 0. The van der Waals surface area contributed by atoms with E-state index in [1.54, 1.807) is 23.1 Å². The highest BCUT2D eigenvalue weighted by atomic mass is 32.2. The molecule has 1 aliphatic rings. The van der Waals surface area contributed by atoms with E-state index >= 15 is 0 Å². The zero-order chi connectivity index (χ0) is 13.2. The molecule has 19 heavy (non-hydrogen) atoms. The summed E-state index contributed by atoms with van der Waals surface area (Å²) in [6, 6.07) is 4.10. The largest absolute Gasteiger partial charge is 0.349 e. The third kappa shape index (κ3) is 2.49. The maximum Gasteiger partial charge on any atom is 0.349 e. The molecule has 0 amide bonds. The smallest absolute Gasteiger partial charge is 0.291 e. The van der Waals surface area contributed by atoms with E-state index in [0.717, 1.165) is 30.0 Å². The van der Waals surface area contributed by atoms with Crippen LogP contribution in [0.1, 0.15) is 29.5 Å². The molecule has 0 spiro atoms. The van der Waals surface area contributed by atoms with Crippen molar-refractivity contribution >= 4 is 23.1 Å². The van der Waals surface area contributed by atoms with Gasteiger partial charge in [-0.25, -0.2) is 4.79 Å². The Bertz CT molecular complexity index is 632. The lowest BCUT2D eigenvalue weighted by molar-refractivity contribution is 0.673. The number of thiophene rings is 1. The summed E-state index contributed by atoms with van der Waals surface area (Å²) in [5, 5.41) is 3.01. The quantitative estimate of drug-likeness (QED) is 0.642. The van der Waals surface area contributed by atoms with Gasteiger partial charge < -0.3 is 0 Å². The number of aromatic nitrogens is 2. The van der Waals surface area contributed by atoms with Gasteiger partial charge in [-0.05, 0) is 36.5 Å². The molecule has 100 valence electrons. The van der Waals surface area contributed by atoms with E-state index in [1.165, 1.54) is 16.1 Å². The van der Waals surface area contributed by atoms with E-state index in [1.807, 2.05) is 10.6 Å². The summed E-state index contributed by atoms with van der Waals surface area (Å²) in [5.74, 6) is 0.966. The summed E-state index contributed by atoms with van der Waals surface area (Å²) < 4.78 is 1.87. The lowest BCUT2D eigenvalue weighted by Crippen LogP contribution is -2.27. The second kappa shape index (κ2) is 5.51. The molecule has 0 aromatic carbocycles. The van der Waals surface area contributed by atoms with Crippen LogP contribution in [0.3, 0.4) is 0 Å². The molecule has 2 heterocycles. The van der Waals surface area contributed by atoms with Crippen molar-refractivity contribution < 1.29 is 0 Å². The van der Waals surface area contributed by atoms with E-state index in [-0.39, 0.29) is 5.69 Å². The Hall–Kier alpha value is -1.07. The van der Waals surface area contributed by atoms with E-state index < -0.39 is 0 Å². The monoisotopic (exact) mass is 292 g/mol. The molecule has 0 unspecified atom stereocenters. The molecule has 1 aliphatic carbocycles. The maximum absolute atomic E-state index is 12.2. The SMILES string of the molecule is CCSc1nc(=O)n(Cc2cccs2)c2c1CCC2. The predicted molar refractivity (Wildman–Crippen MR) is 80.3 cm³/mol. The Morgan fingerprint density at radius 2 is 2.37 bits per heavy atom. The Balaban J connectivity index is 2.05. The second-order valence-electron chi connectivity index (χ2n) is 4.58. The van der Waals surface area contributed by atoms with Crippen LogP contribution in [0.4, 0.5) is 0 Å².